The van der Waals surface area contributed by atoms with Gasteiger partial charge >= 0.3 is 35.8 Å². The Morgan fingerprint density at radius 3 is 1.22 bits per heavy atom. The van der Waals surface area contributed by atoms with E-state index in [-0.39, 0.29) is 118 Å². The third-order valence-electron chi connectivity index (χ3n) is 11.2. The average molecular weight is 1140 g/mol. The van der Waals surface area contributed by atoms with Crippen LogP contribution in [0.5, 0.6) is 11.5 Å². The molecule has 2 N–H and O–H groups in total. The standard InChI is InChI=1S/C56H42N4O15S4/c1-30(2)49(64)70-23-25-72-51(66)34-19-11-13-21-36(34)53(68)74-40-42-43(77-55(76-42)38(27-57)46(58)61)41(75-54(69)37-22-14-12-20-35(37)52(67)73-26-24-71-50(65)31(3)4)45-44(40)78-56(79-45)39-47(62)59(28-32-15-7-5-8-16-32)60(48(39)63)29-33-17-9-6-10-18-33/h5-22H,1,3,23-26,28-29H2,2,4H3,(H2,58,61). The highest BCUT2D eigenvalue weighted by Crippen LogP contribution is 2.69. The lowest BCUT2D eigenvalue weighted by molar-refractivity contribution is -0.149. The predicted molar refractivity (Wildman–Crippen MR) is 288 cm³/mol. The van der Waals surface area contributed by atoms with Crippen molar-refractivity contribution in [3.8, 4) is 17.6 Å². The summed E-state index contributed by atoms with van der Waals surface area (Å²) in [5.74, 6) is -8.66. The molecule has 79 heavy (non-hydrogen) atoms. The van der Waals surface area contributed by atoms with Crippen molar-refractivity contribution in [2.45, 2.75) is 46.5 Å². The highest BCUT2D eigenvalue weighted by atomic mass is 32.2. The Morgan fingerprint density at radius 1 is 0.519 bits per heavy atom. The van der Waals surface area contributed by atoms with Gasteiger partial charge < -0.3 is 34.2 Å². The van der Waals surface area contributed by atoms with Crippen molar-refractivity contribution in [2.75, 3.05) is 26.4 Å². The Kier molecular flexibility index (Phi) is 17.9. The second kappa shape index (κ2) is 25.1. The number of benzene rings is 5. The number of esters is 6. The smallest absolute Gasteiger partial charge is 0.344 e. The van der Waals surface area contributed by atoms with Crippen LogP contribution in [0.3, 0.4) is 0 Å². The summed E-state index contributed by atoms with van der Waals surface area (Å²) >= 11 is 3.17. The fourth-order valence-electron chi connectivity index (χ4n) is 7.48. The molecule has 5 aromatic rings. The van der Waals surface area contributed by atoms with Crippen LogP contribution >= 0.6 is 47.0 Å². The zero-order chi connectivity index (χ0) is 56.5. The third-order valence-corrected chi connectivity index (χ3v) is 16.4. The van der Waals surface area contributed by atoms with Crippen LogP contribution in [0.15, 0.2) is 173 Å². The first-order chi connectivity index (χ1) is 38.0. The first-order valence-corrected chi connectivity index (χ1v) is 26.7. The highest BCUT2D eigenvalue weighted by molar-refractivity contribution is 8.26. The molecule has 23 heteroatoms. The molecule has 5 aromatic carbocycles. The number of carbonyl (C=O) groups excluding carboxylic acids is 9. The molecular weight excluding hydrogens is 1100 g/mol. The number of thioether (sulfide) groups is 4. The van der Waals surface area contributed by atoms with Crippen LogP contribution < -0.4 is 15.2 Å². The number of nitriles is 1. The Morgan fingerprint density at radius 2 is 0.861 bits per heavy atom. The molecule has 0 aliphatic carbocycles. The van der Waals surface area contributed by atoms with Crippen molar-refractivity contribution in [2.24, 2.45) is 5.73 Å². The van der Waals surface area contributed by atoms with Crippen molar-refractivity contribution in [3.05, 3.63) is 186 Å². The largest absolute Gasteiger partial charge is 0.459 e. The molecule has 0 saturated carbocycles. The fraction of sp³-hybridized carbons (Fsp3) is 0.143. The van der Waals surface area contributed by atoms with Crippen LogP contribution in [0.1, 0.15) is 66.4 Å². The monoisotopic (exact) mass is 1140 g/mol. The zero-order valence-corrected chi connectivity index (χ0v) is 45.0. The van der Waals surface area contributed by atoms with Crippen molar-refractivity contribution < 1.29 is 71.6 Å². The van der Waals surface area contributed by atoms with E-state index in [4.69, 9.17) is 34.2 Å². The number of primary amides is 1. The molecule has 0 radical (unpaired) electrons. The molecule has 1 fully saturated rings. The number of fused-ring (bicyclic) bond motifs is 2. The van der Waals surface area contributed by atoms with E-state index in [2.05, 4.69) is 13.2 Å². The van der Waals surface area contributed by atoms with Gasteiger partial charge in [0.25, 0.3) is 17.7 Å². The van der Waals surface area contributed by atoms with E-state index in [0.29, 0.717) is 11.1 Å². The average Bonchev–Trinajstić information content (AvgIpc) is 4.33. The molecule has 0 unspecified atom stereocenters. The molecule has 3 heterocycles. The third kappa shape index (κ3) is 12.6. The lowest BCUT2D eigenvalue weighted by Crippen LogP contribution is -2.39. The van der Waals surface area contributed by atoms with Gasteiger partial charge in [0.05, 0.1) is 63.4 Å². The quantitative estimate of drug-likeness (QED) is 0.0154. The first kappa shape index (κ1) is 56.4. The Labute approximate surface area is 467 Å². The van der Waals surface area contributed by atoms with Crippen molar-refractivity contribution >= 4 is 101 Å². The summed E-state index contributed by atoms with van der Waals surface area (Å²) in [6.45, 7) is 8.46. The van der Waals surface area contributed by atoms with Crippen LogP contribution in [0, 0.1) is 11.3 Å². The van der Waals surface area contributed by atoms with Gasteiger partial charge in [0, 0.05) is 11.1 Å². The summed E-state index contributed by atoms with van der Waals surface area (Å²) in [6.07, 6.45) is 0. The summed E-state index contributed by atoms with van der Waals surface area (Å²) in [7, 11) is 0. The highest BCUT2D eigenvalue weighted by Gasteiger charge is 2.47. The van der Waals surface area contributed by atoms with Gasteiger partial charge in [-0.05, 0) is 49.2 Å². The number of hydrogen-bond donors (Lipinski definition) is 1. The number of rotatable bonds is 19. The maximum atomic E-state index is 14.9. The van der Waals surface area contributed by atoms with Crippen LogP contribution in [0.2, 0.25) is 0 Å². The maximum absolute atomic E-state index is 14.9. The van der Waals surface area contributed by atoms with Crippen molar-refractivity contribution in [1.29, 1.82) is 5.26 Å². The zero-order valence-electron chi connectivity index (χ0n) is 41.7. The van der Waals surface area contributed by atoms with Gasteiger partial charge in [-0.1, -0.05) is 145 Å². The molecular formula is C56H42N4O15S4. The first-order valence-electron chi connectivity index (χ1n) is 23.4. The SMILES string of the molecule is C=C(C)C(=O)OCCOC(=O)c1ccccc1C(=O)Oc1c2c(c(OC(=O)c3ccccc3C(=O)OCCOC(=O)C(=C)C)c3c1SC(=C1C(=O)N(Cc4ccccc4)N(Cc4ccccc4)C1=O)S3)SC(=C(C#N)C(N)=O)S2. The van der Waals surface area contributed by atoms with Crippen LogP contribution in [0.25, 0.3) is 0 Å². The lowest BCUT2D eigenvalue weighted by Gasteiger charge is -2.27. The number of hydrazine groups is 1. The van der Waals surface area contributed by atoms with E-state index in [1.165, 1.54) is 72.4 Å². The molecule has 1 saturated heterocycles. The molecule has 3 amide bonds. The normalized spacial score (nSPS) is 13.2. The van der Waals surface area contributed by atoms with E-state index in [1.54, 1.807) is 54.6 Å². The molecule has 0 bridgehead atoms. The second-order valence-corrected chi connectivity index (χ2v) is 21.5. The van der Waals surface area contributed by atoms with E-state index < -0.39 is 59.1 Å². The summed E-state index contributed by atoms with van der Waals surface area (Å²) in [5, 5.41) is 12.8. The lowest BCUT2D eigenvalue weighted by atomic mass is 10.1. The molecule has 8 rings (SSSR count). The second-order valence-electron chi connectivity index (χ2n) is 16.9. The van der Waals surface area contributed by atoms with Gasteiger partial charge in [-0.2, -0.15) is 5.26 Å². The van der Waals surface area contributed by atoms with E-state index in [1.807, 2.05) is 12.1 Å². The number of ether oxygens (including phenoxy) is 6. The maximum Gasteiger partial charge on any atom is 0.344 e. The number of nitrogens with zero attached hydrogens (tertiary/aromatic N) is 3. The van der Waals surface area contributed by atoms with Crippen LogP contribution in [-0.2, 0) is 56.0 Å². The van der Waals surface area contributed by atoms with Crippen LogP contribution in [-0.4, -0.2) is 90.0 Å². The molecule has 0 atom stereocenters. The van der Waals surface area contributed by atoms with Gasteiger partial charge in [0.15, 0.2) is 11.5 Å². The summed E-state index contributed by atoms with van der Waals surface area (Å²) in [5.41, 5.74) is 5.44. The molecule has 19 nitrogen and oxygen atoms in total. The fourth-order valence-corrected chi connectivity index (χ4v) is 12.9. The predicted octanol–water partition coefficient (Wildman–Crippen LogP) is 8.49. The van der Waals surface area contributed by atoms with Gasteiger partial charge in [-0.15, -0.1) is 0 Å². The number of amides is 3. The van der Waals surface area contributed by atoms with Crippen molar-refractivity contribution in [3.63, 3.8) is 0 Å². The molecule has 3 aliphatic rings. The van der Waals surface area contributed by atoms with Crippen molar-refractivity contribution in [1.82, 2.24) is 10.0 Å². The Bertz CT molecular complexity index is 3330. The van der Waals surface area contributed by atoms with Gasteiger partial charge in [0.2, 0.25) is 0 Å². The Hall–Kier alpha value is -8.82. The molecule has 0 aromatic heterocycles. The number of carbonyl (C=O) groups is 9. The van der Waals surface area contributed by atoms with E-state index >= 15 is 0 Å². The van der Waals surface area contributed by atoms with Gasteiger partial charge in [-0.25, -0.2) is 38.8 Å². The van der Waals surface area contributed by atoms with E-state index in [9.17, 15) is 48.4 Å². The van der Waals surface area contributed by atoms with Crippen LogP contribution in [0.4, 0.5) is 0 Å². The minimum absolute atomic E-state index is 0.000113. The minimum Gasteiger partial charge on any atom is -0.459 e. The van der Waals surface area contributed by atoms with Gasteiger partial charge in [-0.3, -0.25) is 14.4 Å². The number of nitrogens with two attached hydrogens (primary N) is 1. The molecule has 400 valence electrons. The van der Waals surface area contributed by atoms with Gasteiger partial charge in [0.1, 0.15) is 43.6 Å². The summed E-state index contributed by atoms with van der Waals surface area (Å²) in [4.78, 5) is 123. The topological polar surface area (TPSA) is 265 Å². The Balaban J connectivity index is 1.24. The summed E-state index contributed by atoms with van der Waals surface area (Å²) in [6, 6.07) is 30.8. The van der Waals surface area contributed by atoms with E-state index in [0.717, 1.165) is 47.0 Å². The summed E-state index contributed by atoms with van der Waals surface area (Å²) < 4.78 is 33.3. The number of hydrogen-bond acceptors (Lipinski definition) is 20. The molecule has 0 spiro atoms. The minimum atomic E-state index is -1.13. The molecule has 3 aliphatic heterocycles.